The molecule has 2 nitrogen and oxygen atoms in total. The Balaban J connectivity index is 2.75. The second-order valence-electron chi connectivity index (χ2n) is 5.47. The predicted molar refractivity (Wildman–Crippen MR) is 94.1 cm³/mol. The summed E-state index contributed by atoms with van der Waals surface area (Å²) in [5, 5.41) is 20.9. The summed E-state index contributed by atoms with van der Waals surface area (Å²) in [6.45, 7) is 7.64. The summed E-state index contributed by atoms with van der Waals surface area (Å²) in [4.78, 5) is 0. The van der Waals surface area contributed by atoms with Gasteiger partial charge in [0.25, 0.3) is 0 Å². The molecule has 0 fully saturated rings. The van der Waals surface area contributed by atoms with Gasteiger partial charge >= 0.3 is 0 Å². The minimum Gasteiger partial charge on any atom is -0.507 e. The van der Waals surface area contributed by atoms with Gasteiger partial charge in [0.05, 0.1) is 0 Å². The highest BCUT2D eigenvalue weighted by Crippen LogP contribution is 2.40. The molecular weight excluding hydrogens is 272 g/mol. The van der Waals surface area contributed by atoms with E-state index in [2.05, 4.69) is 0 Å². The molecule has 0 saturated heterocycles. The topological polar surface area (TPSA) is 40.5 Å². The Morgan fingerprint density at radius 3 is 1.36 bits per heavy atom. The van der Waals surface area contributed by atoms with Crippen LogP contribution in [0.5, 0.6) is 11.5 Å². The Hall–Kier alpha value is -2.48. The quantitative estimate of drug-likeness (QED) is 0.790. The summed E-state index contributed by atoms with van der Waals surface area (Å²) in [5.41, 5.74) is 4.89. The van der Waals surface area contributed by atoms with Gasteiger partial charge in [-0.1, -0.05) is 24.3 Å². The maximum Gasteiger partial charge on any atom is 0.126 e. The molecule has 2 aromatic rings. The number of aryl methyl sites for hydroxylation is 2. The molecule has 0 aliphatic rings. The van der Waals surface area contributed by atoms with E-state index in [1.807, 2.05) is 76.3 Å². The Morgan fingerprint density at radius 1 is 0.682 bits per heavy atom. The zero-order chi connectivity index (χ0) is 16.3. The monoisotopic (exact) mass is 294 g/mol. The van der Waals surface area contributed by atoms with E-state index >= 15 is 0 Å². The average molecular weight is 294 g/mol. The fourth-order valence-corrected chi connectivity index (χ4v) is 2.60. The first-order valence-electron chi connectivity index (χ1n) is 7.41. The third-order valence-electron chi connectivity index (χ3n) is 3.65. The molecule has 0 aromatic heterocycles. The van der Waals surface area contributed by atoms with Crippen molar-refractivity contribution in [3.05, 3.63) is 58.7 Å². The van der Waals surface area contributed by atoms with Crippen molar-refractivity contribution in [3.8, 4) is 22.6 Å². The molecule has 2 N–H and O–H groups in total. The molecule has 2 aromatic carbocycles. The third kappa shape index (κ3) is 3.06. The second-order valence-corrected chi connectivity index (χ2v) is 5.47. The standard InChI is InChI=1S/C20H22O2/c1-5-7-15-9-13(3)19(21)17(11-15)18-12-16(8-6-2)10-14(4)20(18)22/h5-12,21-22H,1-4H3/b7-5+,8-6+. The Labute approximate surface area is 132 Å². The van der Waals surface area contributed by atoms with Crippen LogP contribution in [0.25, 0.3) is 23.3 Å². The lowest BCUT2D eigenvalue weighted by molar-refractivity contribution is 0.465. The maximum atomic E-state index is 10.4. The van der Waals surface area contributed by atoms with Gasteiger partial charge in [-0.2, -0.15) is 0 Å². The van der Waals surface area contributed by atoms with Crippen molar-refractivity contribution in [2.24, 2.45) is 0 Å². The van der Waals surface area contributed by atoms with E-state index in [0.717, 1.165) is 22.3 Å². The molecule has 0 aliphatic carbocycles. The van der Waals surface area contributed by atoms with E-state index in [4.69, 9.17) is 0 Å². The normalized spacial score (nSPS) is 11.6. The molecule has 0 bridgehead atoms. The fraction of sp³-hybridized carbons (Fsp3) is 0.200. The van der Waals surface area contributed by atoms with E-state index < -0.39 is 0 Å². The number of hydrogen-bond donors (Lipinski definition) is 2. The Bertz CT molecular complexity index is 687. The molecule has 0 heterocycles. The van der Waals surface area contributed by atoms with E-state index in [0.29, 0.717) is 11.1 Å². The molecule has 0 spiro atoms. The van der Waals surface area contributed by atoms with Gasteiger partial charge < -0.3 is 10.2 Å². The van der Waals surface area contributed by atoms with Crippen LogP contribution in [0.3, 0.4) is 0 Å². The second kappa shape index (κ2) is 6.52. The maximum absolute atomic E-state index is 10.4. The molecule has 0 atom stereocenters. The first kappa shape index (κ1) is 15.9. The van der Waals surface area contributed by atoms with Crippen molar-refractivity contribution in [1.29, 1.82) is 0 Å². The van der Waals surface area contributed by atoms with Crippen molar-refractivity contribution in [1.82, 2.24) is 0 Å². The third-order valence-corrected chi connectivity index (χ3v) is 3.65. The molecule has 0 saturated carbocycles. The van der Waals surface area contributed by atoms with E-state index in [9.17, 15) is 10.2 Å². The number of hydrogen-bond acceptors (Lipinski definition) is 2. The van der Waals surface area contributed by atoms with Crippen LogP contribution in [0.2, 0.25) is 0 Å². The molecule has 2 rings (SSSR count). The van der Waals surface area contributed by atoms with Gasteiger partial charge in [0.1, 0.15) is 11.5 Å². The molecule has 0 radical (unpaired) electrons. The van der Waals surface area contributed by atoms with Crippen molar-refractivity contribution in [2.75, 3.05) is 0 Å². The van der Waals surface area contributed by atoms with Crippen LogP contribution in [-0.2, 0) is 0 Å². The lowest BCUT2D eigenvalue weighted by atomic mass is 9.94. The van der Waals surface area contributed by atoms with Crippen LogP contribution in [-0.4, -0.2) is 10.2 Å². The summed E-state index contributed by atoms with van der Waals surface area (Å²) < 4.78 is 0. The number of aromatic hydroxyl groups is 2. The van der Waals surface area contributed by atoms with Gasteiger partial charge in [-0.15, -0.1) is 0 Å². The Morgan fingerprint density at radius 2 is 1.05 bits per heavy atom. The minimum absolute atomic E-state index is 0.209. The molecular formula is C20H22O2. The molecule has 0 aliphatic heterocycles. The molecule has 2 heteroatoms. The van der Waals surface area contributed by atoms with Crippen molar-refractivity contribution in [3.63, 3.8) is 0 Å². The summed E-state index contributed by atoms with van der Waals surface area (Å²) in [7, 11) is 0. The van der Waals surface area contributed by atoms with Crippen LogP contribution in [0.1, 0.15) is 36.1 Å². The van der Waals surface area contributed by atoms with E-state index in [1.165, 1.54) is 0 Å². The van der Waals surface area contributed by atoms with Gasteiger partial charge in [0.15, 0.2) is 0 Å². The number of phenols is 2. The Kier molecular flexibility index (Phi) is 4.71. The highest BCUT2D eigenvalue weighted by Gasteiger charge is 2.14. The lowest BCUT2D eigenvalue weighted by Crippen LogP contribution is -1.89. The number of benzene rings is 2. The van der Waals surface area contributed by atoms with Gasteiger partial charge in [-0.05, 0) is 74.2 Å². The zero-order valence-electron chi connectivity index (χ0n) is 13.5. The summed E-state index contributed by atoms with van der Waals surface area (Å²) >= 11 is 0. The van der Waals surface area contributed by atoms with Crippen LogP contribution < -0.4 is 0 Å². The van der Waals surface area contributed by atoms with Gasteiger partial charge in [0, 0.05) is 11.1 Å². The predicted octanol–water partition coefficient (Wildman–Crippen LogP) is 5.45. The molecule has 0 unspecified atom stereocenters. The summed E-state index contributed by atoms with van der Waals surface area (Å²) in [6, 6.07) is 7.66. The summed E-state index contributed by atoms with van der Waals surface area (Å²) in [6.07, 6.45) is 7.87. The molecule has 114 valence electrons. The van der Waals surface area contributed by atoms with Crippen LogP contribution in [0, 0.1) is 13.8 Å². The SMILES string of the molecule is C/C=C/c1cc(C)c(O)c(-c2cc(/C=C/C)cc(C)c2O)c1. The fourth-order valence-electron chi connectivity index (χ4n) is 2.60. The first-order chi connectivity index (χ1) is 10.5. The van der Waals surface area contributed by atoms with Crippen LogP contribution in [0.4, 0.5) is 0 Å². The van der Waals surface area contributed by atoms with Gasteiger partial charge in [-0.25, -0.2) is 0 Å². The molecule has 0 amide bonds. The van der Waals surface area contributed by atoms with Gasteiger partial charge in [0.2, 0.25) is 0 Å². The first-order valence-corrected chi connectivity index (χ1v) is 7.41. The highest BCUT2D eigenvalue weighted by molar-refractivity contribution is 5.81. The van der Waals surface area contributed by atoms with E-state index in [-0.39, 0.29) is 11.5 Å². The van der Waals surface area contributed by atoms with Crippen molar-refractivity contribution >= 4 is 12.2 Å². The van der Waals surface area contributed by atoms with Crippen molar-refractivity contribution in [2.45, 2.75) is 27.7 Å². The smallest absolute Gasteiger partial charge is 0.126 e. The van der Waals surface area contributed by atoms with Gasteiger partial charge in [-0.3, -0.25) is 0 Å². The largest absolute Gasteiger partial charge is 0.507 e. The van der Waals surface area contributed by atoms with E-state index in [1.54, 1.807) is 0 Å². The molecule has 22 heavy (non-hydrogen) atoms. The minimum atomic E-state index is 0.209. The van der Waals surface area contributed by atoms with Crippen LogP contribution >= 0.6 is 0 Å². The van der Waals surface area contributed by atoms with Crippen LogP contribution in [0.15, 0.2) is 36.4 Å². The number of allylic oxidation sites excluding steroid dienone is 2. The zero-order valence-corrected chi connectivity index (χ0v) is 13.5. The highest BCUT2D eigenvalue weighted by atomic mass is 16.3. The lowest BCUT2D eigenvalue weighted by Gasteiger charge is -2.13. The average Bonchev–Trinajstić information content (AvgIpc) is 2.47. The number of phenolic OH excluding ortho intramolecular Hbond substituents is 2. The number of rotatable bonds is 3. The summed E-state index contributed by atoms with van der Waals surface area (Å²) in [5.74, 6) is 0.418. The van der Waals surface area contributed by atoms with Crippen molar-refractivity contribution < 1.29 is 10.2 Å².